The van der Waals surface area contributed by atoms with E-state index >= 15 is 0 Å². The lowest BCUT2D eigenvalue weighted by atomic mass is 10.0. The molecule has 1 atom stereocenters. The number of rotatable bonds is 9. The predicted octanol–water partition coefficient (Wildman–Crippen LogP) is 3.88. The molecule has 0 saturated heterocycles. The van der Waals surface area contributed by atoms with Crippen molar-refractivity contribution in [2.75, 3.05) is 25.2 Å². The van der Waals surface area contributed by atoms with Crippen LogP contribution in [0.3, 0.4) is 0 Å². The van der Waals surface area contributed by atoms with Gasteiger partial charge in [0.1, 0.15) is 5.75 Å². The first-order valence-electron chi connectivity index (χ1n) is 6.76. The van der Waals surface area contributed by atoms with Crippen molar-refractivity contribution >= 4 is 11.8 Å². The number of hydrogen-bond acceptors (Lipinski definition) is 3. The third kappa shape index (κ3) is 5.32. The molecular formula is C15H25NOS. The van der Waals surface area contributed by atoms with E-state index in [4.69, 9.17) is 4.74 Å². The Labute approximate surface area is 116 Å². The van der Waals surface area contributed by atoms with Crippen molar-refractivity contribution in [3.8, 4) is 5.75 Å². The Morgan fingerprint density at radius 3 is 2.83 bits per heavy atom. The van der Waals surface area contributed by atoms with Crippen LogP contribution >= 0.6 is 11.8 Å². The van der Waals surface area contributed by atoms with Gasteiger partial charge in [-0.1, -0.05) is 19.1 Å². The van der Waals surface area contributed by atoms with Crippen molar-refractivity contribution in [3.63, 3.8) is 0 Å². The number of benzene rings is 1. The van der Waals surface area contributed by atoms with E-state index < -0.39 is 0 Å². The first-order valence-corrected chi connectivity index (χ1v) is 8.16. The van der Waals surface area contributed by atoms with E-state index in [0.29, 0.717) is 6.04 Å². The topological polar surface area (TPSA) is 21.3 Å². The van der Waals surface area contributed by atoms with Crippen molar-refractivity contribution in [1.29, 1.82) is 0 Å². The van der Waals surface area contributed by atoms with E-state index in [1.807, 2.05) is 24.8 Å². The summed E-state index contributed by atoms with van der Waals surface area (Å²) in [6, 6.07) is 8.91. The summed E-state index contributed by atoms with van der Waals surface area (Å²) in [5.74, 6) is 2.16. The van der Waals surface area contributed by atoms with Crippen LogP contribution in [0.25, 0.3) is 0 Å². The predicted molar refractivity (Wildman–Crippen MR) is 81.6 cm³/mol. The highest BCUT2D eigenvalue weighted by molar-refractivity contribution is 7.98. The highest BCUT2D eigenvalue weighted by Crippen LogP contribution is 2.23. The smallest absolute Gasteiger partial charge is 0.119 e. The van der Waals surface area contributed by atoms with Gasteiger partial charge in [-0.3, -0.25) is 0 Å². The Hall–Kier alpha value is -0.670. The Morgan fingerprint density at radius 2 is 2.17 bits per heavy atom. The van der Waals surface area contributed by atoms with E-state index in [2.05, 4.69) is 36.7 Å². The van der Waals surface area contributed by atoms with E-state index in [1.165, 1.54) is 17.7 Å². The third-order valence-electron chi connectivity index (χ3n) is 2.82. The molecule has 1 aromatic rings. The second kappa shape index (κ2) is 9.29. The van der Waals surface area contributed by atoms with Crippen molar-refractivity contribution in [1.82, 2.24) is 5.32 Å². The summed E-state index contributed by atoms with van der Waals surface area (Å²) in [6.45, 7) is 6.02. The molecule has 0 aliphatic rings. The van der Waals surface area contributed by atoms with Gasteiger partial charge in [0.25, 0.3) is 0 Å². The molecule has 1 aromatic carbocycles. The fraction of sp³-hybridized carbons (Fsp3) is 0.600. The van der Waals surface area contributed by atoms with Gasteiger partial charge in [0.15, 0.2) is 0 Å². The van der Waals surface area contributed by atoms with Gasteiger partial charge in [0.05, 0.1) is 6.61 Å². The van der Waals surface area contributed by atoms with Crippen LogP contribution in [0.15, 0.2) is 24.3 Å². The maximum atomic E-state index is 5.57. The molecule has 2 nitrogen and oxygen atoms in total. The average Bonchev–Trinajstić information content (AvgIpc) is 2.40. The van der Waals surface area contributed by atoms with Crippen LogP contribution in [0.2, 0.25) is 0 Å². The van der Waals surface area contributed by atoms with Crippen LogP contribution in [-0.2, 0) is 0 Å². The summed E-state index contributed by atoms with van der Waals surface area (Å²) in [7, 11) is 0. The van der Waals surface area contributed by atoms with Gasteiger partial charge in [-0.15, -0.1) is 0 Å². The Balaban J connectivity index is 2.72. The molecule has 18 heavy (non-hydrogen) atoms. The molecule has 1 unspecified atom stereocenters. The zero-order valence-corrected chi connectivity index (χ0v) is 12.6. The number of thioether (sulfide) groups is 1. The van der Waals surface area contributed by atoms with Gasteiger partial charge in [-0.05, 0) is 56.0 Å². The van der Waals surface area contributed by atoms with Gasteiger partial charge in [0, 0.05) is 6.04 Å². The van der Waals surface area contributed by atoms with E-state index in [1.54, 1.807) is 0 Å². The molecule has 1 N–H and O–H groups in total. The molecule has 0 amide bonds. The summed E-state index contributed by atoms with van der Waals surface area (Å²) in [5, 5.41) is 3.62. The summed E-state index contributed by atoms with van der Waals surface area (Å²) in [6.07, 6.45) is 4.49. The lowest BCUT2D eigenvalue weighted by Crippen LogP contribution is -2.22. The first kappa shape index (κ1) is 15.4. The van der Waals surface area contributed by atoms with E-state index in [0.717, 1.165) is 25.3 Å². The maximum absolute atomic E-state index is 5.57. The molecule has 0 aliphatic carbocycles. The normalized spacial score (nSPS) is 12.4. The van der Waals surface area contributed by atoms with E-state index in [-0.39, 0.29) is 0 Å². The highest BCUT2D eigenvalue weighted by Gasteiger charge is 2.10. The van der Waals surface area contributed by atoms with Crippen molar-refractivity contribution in [2.24, 2.45) is 0 Å². The second-order valence-electron chi connectivity index (χ2n) is 4.29. The second-order valence-corrected chi connectivity index (χ2v) is 5.28. The Bertz CT molecular complexity index is 322. The average molecular weight is 267 g/mol. The van der Waals surface area contributed by atoms with Crippen LogP contribution in [0, 0.1) is 0 Å². The molecule has 0 saturated carbocycles. The Morgan fingerprint density at radius 1 is 1.33 bits per heavy atom. The fourth-order valence-electron chi connectivity index (χ4n) is 1.93. The minimum atomic E-state index is 0.442. The SMILES string of the molecule is CCCNC(CCSC)c1cccc(OCC)c1. The lowest BCUT2D eigenvalue weighted by molar-refractivity contribution is 0.339. The number of ether oxygens (including phenoxy) is 1. The van der Waals surface area contributed by atoms with Crippen LogP contribution in [0.1, 0.15) is 38.3 Å². The zero-order valence-electron chi connectivity index (χ0n) is 11.7. The minimum absolute atomic E-state index is 0.442. The van der Waals surface area contributed by atoms with Gasteiger partial charge in [0.2, 0.25) is 0 Å². The molecule has 3 heteroatoms. The summed E-state index contributed by atoms with van der Waals surface area (Å²) in [4.78, 5) is 0. The highest BCUT2D eigenvalue weighted by atomic mass is 32.2. The van der Waals surface area contributed by atoms with Crippen LogP contribution in [0.5, 0.6) is 5.75 Å². The minimum Gasteiger partial charge on any atom is -0.494 e. The largest absolute Gasteiger partial charge is 0.494 e. The summed E-state index contributed by atoms with van der Waals surface area (Å²) < 4.78 is 5.57. The van der Waals surface area contributed by atoms with Crippen LogP contribution < -0.4 is 10.1 Å². The molecule has 0 spiro atoms. The molecule has 0 aromatic heterocycles. The van der Waals surface area contributed by atoms with Gasteiger partial charge in [-0.25, -0.2) is 0 Å². The molecular weight excluding hydrogens is 242 g/mol. The molecule has 0 aliphatic heterocycles. The Kier molecular flexibility index (Phi) is 7.94. The third-order valence-corrected chi connectivity index (χ3v) is 3.47. The molecule has 0 bridgehead atoms. The van der Waals surface area contributed by atoms with Crippen LogP contribution in [-0.4, -0.2) is 25.2 Å². The van der Waals surface area contributed by atoms with Crippen molar-refractivity contribution in [3.05, 3.63) is 29.8 Å². The van der Waals surface area contributed by atoms with Gasteiger partial charge in [-0.2, -0.15) is 11.8 Å². The molecule has 1 rings (SSSR count). The number of nitrogens with one attached hydrogen (secondary N) is 1. The molecule has 0 radical (unpaired) electrons. The molecule has 0 fully saturated rings. The summed E-state index contributed by atoms with van der Waals surface area (Å²) >= 11 is 1.90. The zero-order chi connectivity index (χ0) is 13.2. The summed E-state index contributed by atoms with van der Waals surface area (Å²) in [5.41, 5.74) is 1.34. The monoisotopic (exact) mass is 267 g/mol. The lowest BCUT2D eigenvalue weighted by Gasteiger charge is -2.19. The van der Waals surface area contributed by atoms with Crippen molar-refractivity contribution in [2.45, 2.75) is 32.7 Å². The maximum Gasteiger partial charge on any atom is 0.119 e. The standard InChI is InChI=1S/C15H25NOS/c1-4-10-16-15(9-11-18-3)13-7-6-8-14(12-13)17-5-2/h6-8,12,15-16H,4-5,9-11H2,1-3H3. The van der Waals surface area contributed by atoms with Gasteiger partial charge < -0.3 is 10.1 Å². The van der Waals surface area contributed by atoms with E-state index in [9.17, 15) is 0 Å². The molecule has 0 heterocycles. The molecule has 102 valence electrons. The van der Waals surface area contributed by atoms with Crippen molar-refractivity contribution < 1.29 is 4.74 Å². The number of hydrogen-bond donors (Lipinski definition) is 1. The van der Waals surface area contributed by atoms with Crippen LogP contribution in [0.4, 0.5) is 0 Å². The fourth-order valence-corrected chi connectivity index (χ4v) is 2.40. The van der Waals surface area contributed by atoms with Gasteiger partial charge >= 0.3 is 0 Å². The quantitative estimate of drug-likeness (QED) is 0.733. The first-order chi connectivity index (χ1) is 8.81.